The molecule has 0 saturated carbocycles. The van der Waals surface area contributed by atoms with Crippen molar-refractivity contribution in [2.45, 2.75) is 19.9 Å². The molecular formula is C17H17N3O. The smallest absolute Gasteiger partial charge is 0.252 e. The average molecular weight is 279 g/mol. The standard InChI is InChI=1S/C17H17N3O/c1-11-9-15(19)7-8-16(11)17(21)20-12(2)14-5-3-13(10-18)4-6-14/h3-9,12H,19H2,1-2H3,(H,20,21). The van der Waals surface area contributed by atoms with E-state index in [2.05, 4.69) is 11.4 Å². The molecule has 0 aliphatic heterocycles. The van der Waals surface area contributed by atoms with Crippen molar-refractivity contribution in [3.63, 3.8) is 0 Å². The summed E-state index contributed by atoms with van der Waals surface area (Å²) < 4.78 is 0. The Bertz CT molecular complexity index is 699. The van der Waals surface area contributed by atoms with Gasteiger partial charge in [-0.05, 0) is 55.3 Å². The summed E-state index contributed by atoms with van der Waals surface area (Å²) in [6, 6.07) is 14.3. The second kappa shape index (κ2) is 6.10. The van der Waals surface area contributed by atoms with Crippen molar-refractivity contribution >= 4 is 11.6 Å². The lowest BCUT2D eigenvalue weighted by atomic mass is 10.0. The number of hydrogen-bond donors (Lipinski definition) is 2. The molecule has 2 rings (SSSR count). The molecule has 0 bridgehead atoms. The highest BCUT2D eigenvalue weighted by molar-refractivity contribution is 5.96. The molecule has 0 aromatic heterocycles. The second-order valence-electron chi connectivity index (χ2n) is 5.00. The van der Waals surface area contributed by atoms with Gasteiger partial charge in [-0.1, -0.05) is 12.1 Å². The van der Waals surface area contributed by atoms with Gasteiger partial charge < -0.3 is 11.1 Å². The van der Waals surface area contributed by atoms with Crippen LogP contribution in [0.1, 0.15) is 40.0 Å². The number of amides is 1. The maximum absolute atomic E-state index is 12.3. The molecule has 3 N–H and O–H groups in total. The van der Waals surface area contributed by atoms with Crippen molar-refractivity contribution in [2.75, 3.05) is 5.73 Å². The van der Waals surface area contributed by atoms with E-state index in [1.165, 1.54) is 0 Å². The Morgan fingerprint density at radius 2 is 1.90 bits per heavy atom. The number of benzene rings is 2. The number of nitrogen functional groups attached to an aromatic ring is 1. The molecule has 4 nitrogen and oxygen atoms in total. The van der Waals surface area contributed by atoms with E-state index in [1.54, 1.807) is 30.3 Å². The predicted octanol–water partition coefficient (Wildman–Crippen LogP) is 2.94. The van der Waals surface area contributed by atoms with Crippen molar-refractivity contribution in [2.24, 2.45) is 0 Å². The maximum atomic E-state index is 12.3. The molecule has 2 aromatic carbocycles. The first-order valence-electron chi connectivity index (χ1n) is 6.68. The van der Waals surface area contributed by atoms with Crippen LogP contribution < -0.4 is 11.1 Å². The minimum Gasteiger partial charge on any atom is -0.399 e. The van der Waals surface area contributed by atoms with E-state index in [9.17, 15) is 4.79 Å². The van der Waals surface area contributed by atoms with Crippen LogP contribution in [0.5, 0.6) is 0 Å². The Morgan fingerprint density at radius 3 is 2.48 bits per heavy atom. The van der Waals surface area contributed by atoms with Crippen LogP contribution in [0.15, 0.2) is 42.5 Å². The molecule has 0 aliphatic rings. The highest BCUT2D eigenvalue weighted by Gasteiger charge is 2.13. The van der Waals surface area contributed by atoms with Gasteiger partial charge in [0.15, 0.2) is 0 Å². The largest absolute Gasteiger partial charge is 0.399 e. The van der Waals surface area contributed by atoms with E-state index in [1.807, 2.05) is 26.0 Å². The van der Waals surface area contributed by atoms with Gasteiger partial charge in [0.1, 0.15) is 0 Å². The van der Waals surface area contributed by atoms with Gasteiger partial charge in [-0.2, -0.15) is 5.26 Å². The zero-order chi connectivity index (χ0) is 15.4. The van der Waals surface area contributed by atoms with Crippen molar-refractivity contribution in [1.82, 2.24) is 5.32 Å². The van der Waals surface area contributed by atoms with Gasteiger partial charge in [0, 0.05) is 11.3 Å². The molecule has 0 radical (unpaired) electrons. The number of nitrogens with zero attached hydrogens (tertiary/aromatic N) is 1. The highest BCUT2D eigenvalue weighted by Crippen LogP contribution is 2.16. The summed E-state index contributed by atoms with van der Waals surface area (Å²) in [5, 5.41) is 11.7. The van der Waals surface area contributed by atoms with Crippen molar-refractivity contribution in [3.05, 3.63) is 64.7 Å². The normalized spacial score (nSPS) is 11.5. The Morgan fingerprint density at radius 1 is 1.24 bits per heavy atom. The molecule has 21 heavy (non-hydrogen) atoms. The number of carbonyl (C=O) groups is 1. The molecule has 1 amide bonds. The number of carbonyl (C=O) groups excluding carboxylic acids is 1. The van der Waals surface area contributed by atoms with E-state index in [0.29, 0.717) is 16.8 Å². The molecule has 0 saturated heterocycles. The summed E-state index contributed by atoms with van der Waals surface area (Å²) in [7, 11) is 0. The third-order valence-corrected chi connectivity index (χ3v) is 3.38. The van der Waals surface area contributed by atoms with Crippen LogP contribution in [0, 0.1) is 18.3 Å². The number of aryl methyl sites for hydroxylation is 1. The first-order chi connectivity index (χ1) is 10.0. The predicted molar refractivity (Wildman–Crippen MR) is 82.6 cm³/mol. The van der Waals surface area contributed by atoms with Crippen molar-refractivity contribution in [1.29, 1.82) is 5.26 Å². The Hall–Kier alpha value is -2.80. The molecule has 0 fully saturated rings. The average Bonchev–Trinajstić information content (AvgIpc) is 2.47. The quantitative estimate of drug-likeness (QED) is 0.848. The van der Waals surface area contributed by atoms with Crippen molar-refractivity contribution in [3.8, 4) is 6.07 Å². The molecule has 1 unspecified atom stereocenters. The first kappa shape index (κ1) is 14.6. The topological polar surface area (TPSA) is 78.9 Å². The van der Waals surface area contributed by atoms with E-state index in [0.717, 1.165) is 11.1 Å². The summed E-state index contributed by atoms with van der Waals surface area (Å²) in [4.78, 5) is 12.3. The molecule has 4 heteroatoms. The number of rotatable bonds is 3. The molecule has 106 valence electrons. The molecule has 0 aliphatic carbocycles. The molecule has 0 spiro atoms. The third kappa shape index (κ3) is 3.40. The minimum atomic E-state index is -0.137. The van der Waals surface area contributed by atoms with Crippen LogP contribution in [0.3, 0.4) is 0 Å². The lowest BCUT2D eigenvalue weighted by Crippen LogP contribution is -2.27. The van der Waals surface area contributed by atoms with Gasteiger partial charge in [-0.15, -0.1) is 0 Å². The Kier molecular flexibility index (Phi) is 4.24. The first-order valence-corrected chi connectivity index (χ1v) is 6.68. The lowest BCUT2D eigenvalue weighted by molar-refractivity contribution is 0.0939. The van der Waals surface area contributed by atoms with Crippen LogP contribution in [0.2, 0.25) is 0 Å². The fraction of sp³-hybridized carbons (Fsp3) is 0.176. The van der Waals surface area contributed by atoms with Crippen LogP contribution >= 0.6 is 0 Å². The fourth-order valence-electron chi connectivity index (χ4n) is 2.15. The molecule has 1 atom stereocenters. The summed E-state index contributed by atoms with van der Waals surface area (Å²) in [5.74, 6) is -0.135. The van der Waals surface area contributed by atoms with Gasteiger partial charge in [-0.25, -0.2) is 0 Å². The number of hydrogen-bond acceptors (Lipinski definition) is 3. The highest BCUT2D eigenvalue weighted by atomic mass is 16.1. The van der Waals surface area contributed by atoms with Gasteiger partial charge in [0.05, 0.1) is 17.7 Å². The molecular weight excluding hydrogens is 262 g/mol. The third-order valence-electron chi connectivity index (χ3n) is 3.38. The Balaban J connectivity index is 2.13. The van der Waals surface area contributed by atoms with Crippen LogP contribution in [-0.2, 0) is 0 Å². The van der Waals surface area contributed by atoms with Gasteiger partial charge in [-0.3, -0.25) is 4.79 Å². The van der Waals surface area contributed by atoms with E-state index < -0.39 is 0 Å². The lowest BCUT2D eigenvalue weighted by Gasteiger charge is -2.15. The van der Waals surface area contributed by atoms with E-state index >= 15 is 0 Å². The Labute approximate surface area is 124 Å². The summed E-state index contributed by atoms with van der Waals surface area (Å²) in [6.07, 6.45) is 0. The second-order valence-corrected chi connectivity index (χ2v) is 5.00. The van der Waals surface area contributed by atoms with E-state index in [4.69, 9.17) is 11.0 Å². The zero-order valence-corrected chi connectivity index (χ0v) is 12.1. The van der Waals surface area contributed by atoms with E-state index in [-0.39, 0.29) is 11.9 Å². The minimum absolute atomic E-state index is 0.135. The van der Waals surface area contributed by atoms with Gasteiger partial charge >= 0.3 is 0 Å². The van der Waals surface area contributed by atoms with Crippen LogP contribution in [0.4, 0.5) is 5.69 Å². The van der Waals surface area contributed by atoms with Gasteiger partial charge in [0.25, 0.3) is 5.91 Å². The SMILES string of the molecule is Cc1cc(N)ccc1C(=O)NC(C)c1ccc(C#N)cc1. The number of anilines is 1. The number of nitriles is 1. The summed E-state index contributed by atoms with van der Waals surface area (Å²) in [6.45, 7) is 3.77. The monoisotopic (exact) mass is 279 g/mol. The fourth-order valence-corrected chi connectivity index (χ4v) is 2.15. The van der Waals surface area contributed by atoms with Crippen molar-refractivity contribution < 1.29 is 4.79 Å². The maximum Gasteiger partial charge on any atom is 0.252 e. The zero-order valence-electron chi connectivity index (χ0n) is 12.1. The van der Waals surface area contributed by atoms with Crippen LogP contribution in [-0.4, -0.2) is 5.91 Å². The number of nitrogens with two attached hydrogens (primary N) is 1. The summed E-state index contributed by atoms with van der Waals surface area (Å²) in [5.41, 5.74) is 9.35. The molecule has 2 aromatic rings. The number of nitrogens with one attached hydrogen (secondary N) is 1. The summed E-state index contributed by atoms with van der Waals surface area (Å²) >= 11 is 0. The molecule has 0 heterocycles. The van der Waals surface area contributed by atoms with Crippen LogP contribution in [0.25, 0.3) is 0 Å². The van der Waals surface area contributed by atoms with Gasteiger partial charge in [0.2, 0.25) is 0 Å².